The number of unbranched alkanes of at least 4 members (excludes halogenated alkanes) is 1. The zero-order chi connectivity index (χ0) is 22.0. The van der Waals surface area contributed by atoms with Crippen molar-refractivity contribution in [3.05, 3.63) is 60.2 Å². The molecule has 1 fully saturated rings. The first-order chi connectivity index (χ1) is 14.6. The van der Waals surface area contributed by atoms with Gasteiger partial charge >= 0.3 is 5.97 Å². The maximum Gasteiger partial charge on any atom is 0.320 e. The van der Waals surface area contributed by atoms with Crippen LogP contribution in [-0.2, 0) is 4.79 Å². The summed E-state index contributed by atoms with van der Waals surface area (Å²) in [5.74, 6) is -0.933. The molecule has 0 saturated carbocycles. The number of hydrogen-bond acceptors (Lipinski definition) is 5. The zero-order valence-electron chi connectivity index (χ0n) is 17.6. The van der Waals surface area contributed by atoms with Crippen molar-refractivity contribution in [1.82, 2.24) is 5.32 Å². The molecule has 6 nitrogen and oxygen atoms in total. The van der Waals surface area contributed by atoms with Crippen molar-refractivity contribution in [2.24, 2.45) is 11.5 Å². The molecule has 164 valence electrons. The number of hydrogen-bond donors (Lipinski definition) is 4. The minimum Gasteiger partial charge on any atom is -0.480 e. The van der Waals surface area contributed by atoms with Crippen molar-refractivity contribution in [3.8, 4) is 11.1 Å². The Morgan fingerprint density at radius 2 is 1.57 bits per heavy atom. The largest absolute Gasteiger partial charge is 0.480 e. The van der Waals surface area contributed by atoms with Crippen molar-refractivity contribution in [1.29, 1.82) is 0 Å². The lowest BCUT2D eigenvalue weighted by molar-refractivity contribution is -0.138. The quantitative estimate of drug-likeness (QED) is 0.408. The van der Waals surface area contributed by atoms with Gasteiger partial charge in [-0.3, -0.25) is 9.59 Å². The fraction of sp³-hybridized carbons (Fsp3) is 0.417. The highest BCUT2D eigenvalue weighted by Crippen LogP contribution is 2.18. The predicted molar refractivity (Wildman–Crippen MR) is 123 cm³/mol. The first-order valence-corrected chi connectivity index (χ1v) is 10.6. The molecule has 3 rings (SSSR count). The van der Waals surface area contributed by atoms with E-state index in [2.05, 4.69) is 17.4 Å². The van der Waals surface area contributed by atoms with Gasteiger partial charge in [-0.2, -0.15) is 0 Å². The van der Waals surface area contributed by atoms with E-state index in [1.54, 1.807) is 0 Å². The molecule has 2 aromatic rings. The summed E-state index contributed by atoms with van der Waals surface area (Å²) in [6.07, 6.45) is 7.24. The van der Waals surface area contributed by atoms with E-state index in [9.17, 15) is 9.59 Å². The van der Waals surface area contributed by atoms with Gasteiger partial charge in [-0.15, -0.1) is 0 Å². The summed E-state index contributed by atoms with van der Waals surface area (Å²) >= 11 is 0. The standard InChI is InChI=1S/C13H10O.C6H14N2O2.C5H11N/c14-10-11-6-8-13(9-7-11)12-4-2-1-3-5-12;7-4-2-1-3-5(8)6(9)10;1-2-4-6-5-3-1/h1-10H;5H,1-4,7-8H2,(H,9,10);6H,1-5H2/t;5-;/m.0./s1. The fourth-order valence-electron chi connectivity index (χ4n) is 2.82. The summed E-state index contributed by atoms with van der Waals surface area (Å²) in [4.78, 5) is 20.6. The Kier molecular flexibility index (Phi) is 13.8. The molecule has 0 unspecified atom stereocenters. The number of aliphatic carboxylic acids is 1. The van der Waals surface area contributed by atoms with Gasteiger partial charge in [0, 0.05) is 5.56 Å². The monoisotopic (exact) mass is 413 g/mol. The summed E-state index contributed by atoms with van der Waals surface area (Å²) in [6.45, 7) is 3.10. The second kappa shape index (κ2) is 16.3. The highest BCUT2D eigenvalue weighted by atomic mass is 16.4. The van der Waals surface area contributed by atoms with Crippen molar-refractivity contribution in [3.63, 3.8) is 0 Å². The Balaban J connectivity index is 0.000000246. The summed E-state index contributed by atoms with van der Waals surface area (Å²) in [7, 11) is 0. The Bertz CT molecular complexity index is 690. The van der Waals surface area contributed by atoms with Crippen LogP contribution >= 0.6 is 0 Å². The van der Waals surface area contributed by atoms with Gasteiger partial charge in [-0.25, -0.2) is 0 Å². The topological polar surface area (TPSA) is 118 Å². The number of aldehydes is 1. The first-order valence-electron chi connectivity index (χ1n) is 10.6. The molecule has 0 bridgehead atoms. The summed E-state index contributed by atoms with van der Waals surface area (Å²) in [5, 5.41) is 11.6. The number of piperidine rings is 1. The number of benzene rings is 2. The van der Waals surface area contributed by atoms with E-state index in [0.717, 1.165) is 24.7 Å². The average molecular weight is 414 g/mol. The number of carbonyl (C=O) groups is 2. The van der Waals surface area contributed by atoms with Gasteiger partial charge in [0.25, 0.3) is 0 Å². The summed E-state index contributed by atoms with van der Waals surface area (Å²) in [5.41, 5.74) is 13.4. The highest BCUT2D eigenvalue weighted by molar-refractivity contribution is 5.76. The lowest BCUT2D eigenvalue weighted by atomic mass is 10.0. The van der Waals surface area contributed by atoms with E-state index in [0.29, 0.717) is 18.5 Å². The summed E-state index contributed by atoms with van der Waals surface area (Å²) in [6, 6.07) is 17.0. The maximum absolute atomic E-state index is 10.5. The minimum absolute atomic E-state index is 0.520. The van der Waals surface area contributed by atoms with Crippen LogP contribution < -0.4 is 16.8 Å². The van der Waals surface area contributed by atoms with Gasteiger partial charge in [0.05, 0.1) is 0 Å². The van der Waals surface area contributed by atoms with Crippen LogP contribution in [0.3, 0.4) is 0 Å². The van der Waals surface area contributed by atoms with Crippen molar-refractivity contribution in [2.45, 2.75) is 44.6 Å². The number of rotatable bonds is 7. The highest BCUT2D eigenvalue weighted by Gasteiger charge is 2.09. The molecule has 0 radical (unpaired) electrons. The molecule has 1 aliphatic heterocycles. The predicted octanol–water partition coefficient (Wildman–Crippen LogP) is 3.45. The molecular weight excluding hydrogens is 378 g/mol. The van der Waals surface area contributed by atoms with E-state index in [1.165, 1.54) is 37.9 Å². The Morgan fingerprint density at radius 3 is 2.00 bits per heavy atom. The van der Waals surface area contributed by atoms with Crippen molar-refractivity contribution < 1.29 is 14.7 Å². The third kappa shape index (κ3) is 11.5. The minimum atomic E-state index is -0.933. The molecule has 0 aromatic heterocycles. The Hall–Kier alpha value is -2.54. The fourth-order valence-corrected chi connectivity index (χ4v) is 2.82. The van der Waals surface area contributed by atoms with E-state index >= 15 is 0 Å². The van der Waals surface area contributed by atoms with Crippen LogP contribution in [0.4, 0.5) is 0 Å². The van der Waals surface area contributed by atoms with Gasteiger partial charge in [0.15, 0.2) is 0 Å². The Morgan fingerprint density at radius 1 is 0.967 bits per heavy atom. The number of nitrogens with two attached hydrogens (primary N) is 2. The van der Waals surface area contributed by atoms with E-state index in [1.807, 2.05) is 42.5 Å². The molecule has 6 N–H and O–H groups in total. The van der Waals surface area contributed by atoms with Gasteiger partial charge < -0.3 is 21.9 Å². The molecule has 1 heterocycles. The summed E-state index contributed by atoms with van der Waals surface area (Å²) < 4.78 is 0. The van der Waals surface area contributed by atoms with E-state index < -0.39 is 12.0 Å². The molecular formula is C24H35N3O3. The van der Waals surface area contributed by atoms with Crippen LogP contribution in [0.15, 0.2) is 54.6 Å². The van der Waals surface area contributed by atoms with Gasteiger partial charge in [-0.1, -0.05) is 67.4 Å². The van der Waals surface area contributed by atoms with Crippen molar-refractivity contribution >= 4 is 12.3 Å². The lowest BCUT2D eigenvalue weighted by Crippen LogP contribution is -2.29. The number of carbonyl (C=O) groups excluding carboxylic acids is 1. The number of nitrogens with one attached hydrogen (secondary N) is 1. The van der Waals surface area contributed by atoms with Crippen LogP contribution in [0.1, 0.15) is 48.9 Å². The van der Waals surface area contributed by atoms with Crippen LogP contribution in [0.25, 0.3) is 11.1 Å². The molecule has 6 heteroatoms. The van der Waals surface area contributed by atoms with Crippen LogP contribution in [0.2, 0.25) is 0 Å². The molecule has 30 heavy (non-hydrogen) atoms. The van der Waals surface area contributed by atoms with Gasteiger partial charge in [0.2, 0.25) is 0 Å². The second-order valence-electron chi connectivity index (χ2n) is 7.15. The number of carboxylic acids is 1. The molecule has 0 spiro atoms. The van der Waals surface area contributed by atoms with E-state index in [-0.39, 0.29) is 0 Å². The SMILES string of the molecule is C1CCNCC1.NCCCC[C@H](N)C(=O)O.O=Cc1ccc(-c2ccccc2)cc1. The molecule has 0 amide bonds. The number of carboxylic acid groups (broad SMARTS) is 1. The van der Waals surface area contributed by atoms with Crippen LogP contribution in [-0.4, -0.2) is 43.0 Å². The smallest absolute Gasteiger partial charge is 0.320 e. The molecule has 1 saturated heterocycles. The first kappa shape index (κ1) is 25.5. The lowest BCUT2D eigenvalue weighted by Gasteiger charge is -2.08. The molecule has 2 aromatic carbocycles. The normalized spacial score (nSPS) is 13.7. The Labute approximate surface area is 179 Å². The van der Waals surface area contributed by atoms with Crippen LogP contribution in [0, 0.1) is 0 Å². The third-order valence-corrected chi connectivity index (χ3v) is 4.65. The average Bonchev–Trinajstić information content (AvgIpc) is 2.82. The van der Waals surface area contributed by atoms with Gasteiger partial charge in [-0.05, 0) is 56.4 Å². The third-order valence-electron chi connectivity index (χ3n) is 4.65. The molecule has 0 aliphatic carbocycles. The van der Waals surface area contributed by atoms with Gasteiger partial charge in [0.1, 0.15) is 12.3 Å². The molecule has 1 atom stereocenters. The van der Waals surface area contributed by atoms with Crippen molar-refractivity contribution in [2.75, 3.05) is 19.6 Å². The maximum atomic E-state index is 10.5. The van der Waals surface area contributed by atoms with E-state index in [4.69, 9.17) is 16.6 Å². The second-order valence-corrected chi connectivity index (χ2v) is 7.15. The van der Waals surface area contributed by atoms with Crippen LogP contribution in [0.5, 0.6) is 0 Å². The molecule has 1 aliphatic rings. The zero-order valence-corrected chi connectivity index (χ0v) is 17.6.